The Morgan fingerprint density at radius 1 is 1.29 bits per heavy atom. The molecule has 0 atom stereocenters. The first-order chi connectivity index (χ1) is 14.8. The highest BCUT2D eigenvalue weighted by atomic mass is 32.1. The van der Waals surface area contributed by atoms with Crippen molar-refractivity contribution in [2.24, 2.45) is 0 Å². The summed E-state index contributed by atoms with van der Waals surface area (Å²) in [6.45, 7) is 5.38. The van der Waals surface area contributed by atoms with Crippen LogP contribution >= 0.6 is 11.3 Å². The summed E-state index contributed by atoms with van der Waals surface area (Å²) in [5, 5.41) is 11.5. The second kappa shape index (κ2) is 7.96. The molecule has 3 aromatic rings. The number of carbonyl (C=O) groups excluding carboxylic acids is 1. The van der Waals surface area contributed by atoms with E-state index in [2.05, 4.69) is 4.98 Å². The van der Waals surface area contributed by atoms with E-state index in [9.17, 15) is 19.6 Å². The molecule has 2 aromatic heterocycles. The number of anilines is 2. The summed E-state index contributed by atoms with van der Waals surface area (Å²) in [5.41, 5.74) is 2.22. The van der Waals surface area contributed by atoms with E-state index in [0.29, 0.717) is 16.5 Å². The number of hydrogen-bond acceptors (Lipinski definition) is 6. The predicted octanol–water partition coefficient (Wildman–Crippen LogP) is 3.02. The van der Waals surface area contributed by atoms with E-state index in [1.54, 1.807) is 5.38 Å². The maximum absolute atomic E-state index is 12.8. The molecule has 0 N–H and O–H groups in total. The van der Waals surface area contributed by atoms with Crippen LogP contribution in [-0.2, 0) is 11.3 Å². The Morgan fingerprint density at radius 3 is 2.65 bits per heavy atom. The summed E-state index contributed by atoms with van der Waals surface area (Å²) in [4.78, 5) is 43.8. The van der Waals surface area contributed by atoms with Crippen LogP contribution in [0.2, 0.25) is 0 Å². The summed E-state index contributed by atoms with van der Waals surface area (Å²) in [6, 6.07) is 7.65. The fourth-order valence-corrected chi connectivity index (χ4v) is 4.25. The van der Waals surface area contributed by atoms with E-state index >= 15 is 0 Å². The Morgan fingerprint density at radius 2 is 2.03 bits per heavy atom. The van der Waals surface area contributed by atoms with Gasteiger partial charge >= 0.3 is 5.69 Å². The lowest BCUT2D eigenvalue weighted by atomic mass is 10.1. The SMILES string of the molecule is CC(=O)N(c1ccc(C)c(C)c1)c1nc(Cn2c(=O)c(C#N)cn(C3CC3)c2=O)cs1. The molecule has 0 spiro atoms. The Labute approximate surface area is 182 Å². The molecule has 31 heavy (non-hydrogen) atoms. The summed E-state index contributed by atoms with van der Waals surface area (Å²) in [7, 11) is 0. The molecule has 1 aromatic carbocycles. The van der Waals surface area contributed by atoms with Gasteiger partial charge in [0.15, 0.2) is 5.13 Å². The lowest BCUT2D eigenvalue weighted by Gasteiger charge is -2.19. The minimum Gasteiger partial charge on any atom is -0.296 e. The van der Waals surface area contributed by atoms with Gasteiger partial charge in [0.05, 0.1) is 17.9 Å². The van der Waals surface area contributed by atoms with Gasteiger partial charge in [-0.1, -0.05) is 6.07 Å². The predicted molar refractivity (Wildman–Crippen MR) is 118 cm³/mol. The van der Waals surface area contributed by atoms with Gasteiger partial charge in [0.25, 0.3) is 5.56 Å². The van der Waals surface area contributed by atoms with Crippen molar-refractivity contribution < 1.29 is 4.79 Å². The van der Waals surface area contributed by atoms with Crippen molar-refractivity contribution in [3.63, 3.8) is 0 Å². The normalized spacial score (nSPS) is 13.1. The molecule has 8 nitrogen and oxygen atoms in total. The highest BCUT2D eigenvalue weighted by Crippen LogP contribution is 2.33. The number of amides is 1. The topological polar surface area (TPSA) is 101 Å². The fourth-order valence-electron chi connectivity index (χ4n) is 3.38. The van der Waals surface area contributed by atoms with Gasteiger partial charge in [-0.3, -0.25) is 23.6 Å². The molecule has 0 aliphatic heterocycles. The molecule has 158 valence electrons. The minimum absolute atomic E-state index is 0.0374. The Kier molecular flexibility index (Phi) is 5.33. The van der Waals surface area contributed by atoms with E-state index in [-0.39, 0.29) is 24.1 Å². The Bertz CT molecular complexity index is 1340. The van der Waals surface area contributed by atoms with Gasteiger partial charge in [-0.2, -0.15) is 5.26 Å². The van der Waals surface area contributed by atoms with Gasteiger partial charge in [0.1, 0.15) is 11.6 Å². The van der Waals surface area contributed by atoms with Gasteiger partial charge in [-0.05, 0) is 49.9 Å². The molecule has 1 fully saturated rings. The van der Waals surface area contributed by atoms with Crippen LogP contribution in [0.4, 0.5) is 10.8 Å². The van der Waals surface area contributed by atoms with Crippen molar-refractivity contribution in [1.82, 2.24) is 14.1 Å². The van der Waals surface area contributed by atoms with Crippen LogP contribution in [-0.4, -0.2) is 20.0 Å². The lowest BCUT2D eigenvalue weighted by molar-refractivity contribution is -0.115. The lowest BCUT2D eigenvalue weighted by Crippen LogP contribution is -2.41. The molecule has 1 aliphatic rings. The Balaban J connectivity index is 1.71. The van der Waals surface area contributed by atoms with E-state index < -0.39 is 11.2 Å². The largest absolute Gasteiger partial charge is 0.331 e. The van der Waals surface area contributed by atoms with Crippen LogP contribution in [0.25, 0.3) is 0 Å². The zero-order valence-corrected chi connectivity index (χ0v) is 18.3. The van der Waals surface area contributed by atoms with E-state index in [0.717, 1.165) is 28.5 Å². The van der Waals surface area contributed by atoms with Crippen molar-refractivity contribution in [3.05, 3.63) is 73.0 Å². The number of rotatable bonds is 5. The summed E-state index contributed by atoms with van der Waals surface area (Å²) in [5.74, 6) is -0.191. The molecule has 4 rings (SSSR count). The molecule has 1 amide bonds. The molecule has 2 heterocycles. The summed E-state index contributed by atoms with van der Waals surface area (Å²) < 4.78 is 2.51. The molecule has 9 heteroatoms. The molecule has 0 saturated heterocycles. The number of thiazole rings is 1. The molecule has 1 saturated carbocycles. The van der Waals surface area contributed by atoms with Gasteiger partial charge in [-0.15, -0.1) is 11.3 Å². The van der Waals surface area contributed by atoms with E-state index in [4.69, 9.17) is 0 Å². The van der Waals surface area contributed by atoms with Crippen LogP contribution in [0.5, 0.6) is 0 Å². The first-order valence-corrected chi connectivity index (χ1v) is 10.8. The molecule has 0 unspecified atom stereocenters. The number of carbonyl (C=O) groups is 1. The second-order valence-corrected chi connectivity index (χ2v) is 8.55. The second-order valence-electron chi connectivity index (χ2n) is 7.71. The average molecular weight is 436 g/mol. The fraction of sp³-hybridized carbons (Fsp3) is 0.318. The van der Waals surface area contributed by atoms with Gasteiger partial charge in [0, 0.05) is 24.5 Å². The number of aryl methyl sites for hydroxylation is 2. The van der Waals surface area contributed by atoms with Crippen molar-refractivity contribution in [2.75, 3.05) is 4.90 Å². The summed E-state index contributed by atoms with van der Waals surface area (Å²) in [6.07, 6.45) is 3.06. The third-order valence-electron chi connectivity index (χ3n) is 5.37. The molecular weight excluding hydrogens is 414 g/mol. The zero-order valence-electron chi connectivity index (χ0n) is 17.5. The third kappa shape index (κ3) is 3.94. The van der Waals surface area contributed by atoms with Crippen molar-refractivity contribution in [1.29, 1.82) is 5.26 Å². The number of benzene rings is 1. The van der Waals surface area contributed by atoms with Crippen molar-refractivity contribution in [3.8, 4) is 6.07 Å². The number of hydrogen-bond donors (Lipinski definition) is 0. The highest BCUT2D eigenvalue weighted by Gasteiger charge is 2.27. The van der Waals surface area contributed by atoms with Gasteiger partial charge in [-0.25, -0.2) is 9.78 Å². The average Bonchev–Trinajstić information content (AvgIpc) is 3.47. The summed E-state index contributed by atoms with van der Waals surface area (Å²) >= 11 is 1.26. The van der Waals surface area contributed by atoms with Crippen LogP contribution in [0, 0.1) is 25.2 Å². The van der Waals surface area contributed by atoms with Crippen LogP contribution < -0.4 is 16.1 Å². The van der Waals surface area contributed by atoms with Crippen molar-refractivity contribution in [2.45, 2.75) is 46.2 Å². The van der Waals surface area contributed by atoms with Gasteiger partial charge in [0.2, 0.25) is 5.91 Å². The standard InChI is InChI=1S/C22H21N5O3S/c1-13-4-5-19(8-14(13)2)27(15(3)28)21-24-17(12-31-21)11-26-20(29)16(9-23)10-25(22(26)30)18-6-7-18/h4-5,8,10,12,18H,6-7,11H2,1-3H3. The van der Waals surface area contributed by atoms with E-state index in [1.165, 1.54) is 33.9 Å². The number of nitrogens with zero attached hydrogens (tertiary/aromatic N) is 5. The van der Waals surface area contributed by atoms with Crippen LogP contribution in [0.3, 0.4) is 0 Å². The first kappa shape index (κ1) is 20.8. The monoisotopic (exact) mass is 435 g/mol. The smallest absolute Gasteiger partial charge is 0.296 e. The molecule has 0 bridgehead atoms. The van der Waals surface area contributed by atoms with Crippen molar-refractivity contribution >= 4 is 28.1 Å². The zero-order chi connectivity index (χ0) is 22.3. The highest BCUT2D eigenvalue weighted by molar-refractivity contribution is 7.14. The number of aromatic nitrogens is 3. The first-order valence-electron chi connectivity index (χ1n) is 9.88. The Hall–Kier alpha value is -3.51. The third-order valence-corrected chi connectivity index (χ3v) is 6.25. The molecule has 1 aliphatic carbocycles. The van der Waals surface area contributed by atoms with Gasteiger partial charge < -0.3 is 0 Å². The molecular formula is C22H21N5O3S. The van der Waals surface area contributed by atoms with Crippen LogP contribution in [0.1, 0.15) is 48.2 Å². The molecule has 0 radical (unpaired) electrons. The quantitative estimate of drug-likeness (QED) is 0.613. The van der Waals surface area contributed by atoms with E-state index in [1.807, 2.05) is 38.1 Å². The maximum atomic E-state index is 12.8. The minimum atomic E-state index is -0.628. The van der Waals surface area contributed by atoms with Crippen LogP contribution in [0.15, 0.2) is 39.4 Å². The maximum Gasteiger partial charge on any atom is 0.331 e. The number of nitriles is 1.